The molecule has 19 heavy (non-hydrogen) atoms. The molecule has 0 spiro atoms. The van der Waals surface area contributed by atoms with Gasteiger partial charge in [-0.1, -0.05) is 0 Å². The summed E-state index contributed by atoms with van der Waals surface area (Å²) in [6.45, 7) is 9.78. The summed E-state index contributed by atoms with van der Waals surface area (Å²) in [5, 5.41) is 6.44. The van der Waals surface area contributed by atoms with Crippen molar-refractivity contribution >= 4 is 41.3 Å². The van der Waals surface area contributed by atoms with Crippen molar-refractivity contribution in [2.75, 3.05) is 26.3 Å². The Morgan fingerprint density at radius 1 is 1.42 bits per heavy atom. The molecule has 110 valence electrons. The first-order valence-electron chi connectivity index (χ1n) is 6.26. The first-order valence-corrected chi connectivity index (χ1v) is 7.14. The molecule has 0 saturated heterocycles. The Kier molecular flexibility index (Phi) is 11.2. The van der Waals surface area contributed by atoms with Gasteiger partial charge in [0.05, 0.1) is 24.4 Å². The van der Waals surface area contributed by atoms with Gasteiger partial charge in [0.2, 0.25) is 0 Å². The van der Waals surface area contributed by atoms with E-state index >= 15 is 0 Å². The van der Waals surface area contributed by atoms with Gasteiger partial charge in [-0.3, -0.25) is 0 Å². The van der Waals surface area contributed by atoms with E-state index < -0.39 is 0 Å². The lowest BCUT2D eigenvalue weighted by Crippen LogP contribution is -2.38. The fourth-order valence-electron chi connectivity index (χ4n) is 1.36. The number of nitrogens with one attached hydrogen (secondary N) is 2. The Bertz CT molecular complexity index is 370. The van der Waals surface area contributed by atoms with Gasteiger partial charge in [-0.25, -0.2) is 9.98 Å². The topological polar surface area (TPSA) is 58.5 Å². The van der Waals surface area contributed by atoms with Crippen molar-refractivity contribution in [3.63, 3.8) is 0 Å². The van der Waals surface area contributed by atoms with Gasteiger partial charge in [0.1, 0.15) is 0 Å². The molecule has 1 rings (SSSR count). The third-order valence-corrected chi connectivity index (χ3v) is 3.23. The maximum absolute atomic E-state index is 5.28. The lowest BCUT2D eigenvalue weighted by atomic mass is 10.4. The summed E-state index contributed by atoms with van der Waals surface area (Å²) in [5.74, 6) is 0.824. The minimum Gasteiger partial charge on any atom is -0.380 e. The highest BCUT2D eigenvalue weighted by Gasteiger charge is 2.01. The van der Waals surface area contributed by atoms with E-state index in [9.17, 15) is 0 Å². The van der Waals surface area contributed by atoms with Crippen LogP contribution in [-0.2, 0) is 11.3 Å². The monoisotopic (exact) mass is 398 g/mol. The fraction of sp³-hybridized carbons (Fsp3) is 0.667. The molecular weight excluding hydrogens is 375 g/mol. The van der Waals surface area contributed by atoms with E-state index in [1.54, 1.807) is 11.3 Å². The zero-order chi connectivity index (χ0) is 13.2. The standard InChI is InChI=1S/C12H22N4OS.HI/c1-4-13-12(14-6-7-17-5-2)15-8-11-10(3)16-9-18-11;/h9H,4-8H2,1-3H3,(H2,13,14,15);1H. The molecule has 0 aliphatic heterocycles. The highest BCUT2D eigenvalue weighted by molar-refractivity contribution is 14.0. The van der Waals surface area contributed by atoms with Gasteiger partial charge in [0, 0.05) is 24.6 Å². The van der Waals surface area contributed by atoms with Crippen molar-refractivity contribution in [3.05, 3.63) is 16.1 Å². The van der Waals surface area contributed by atoms with Crippen LogP contribution in [0.25, 0.3) is 0 Å². The summed E-state index contributed by atoms with van der Waals surface area (Å²) in [6, 6.07) is 0. The number of aryl methyl sites for hydroxylation is 1. The predicted octanol–water partition coefficient (Wildman–Crippen LogP) is 2.16. The summed E-state index contributed by atoms with van der Waals surface area (Å²) >= 11 is 1.64. The molecular formula is C12H23IN4OS. The number of halogens is 1. The molecule has 7 heteroatoms. The van der Waals surface area contributed by atoms with Crippen molar-refractivity contribution in [2.45, 2.75) is 27.3 Å². The molecule has 0 aliphatic rings. The second-order valence-corrected chi connectivity index (χ2v) is 4.62. The first kappa shape index (κ1) is 18.6. The number of rotatable bonds is 7. The van der Waals surface area contributed by atoms with E-state index in [1.165, 1.54) is 4.88 Å². The first-order chi connectivity index (χ1) is 8.77. The average molecular weight is 398 g/mol. The van der Waals surface area contributed by atoms with Crippen LogP contribution in [0.2, 0.25) is 0 Å². The Hall–Kier alpha value is -0.410. The Balaban J connectivity index is 0.00000324. The molecule has 0 amide bonds. The average Bonchev–Trinajstić information content (AvgIpc) is 2.77. The number of guanidine groups is 1. The fourth-order valence-corrected chi connectivity index (χ4v) is 2.06. The van der Waals surface area contributed by atoms with Crippen LogP contribution in [0.3, 0.4) is 0 Å². The number of aliphatic imine (C=N–C) groups is 1. The minimum absolute atomic E-state index is 0. The van der Waals surface area contributed by atoms with E-state index in [-0.39, 0.29) is 24.0 Å². The molecule has 0 bridgehead atoms. The van der Waals surface area contributed by atoms with Crippen LogP contribution in [0.5, 0.6) is 0 Å². The second kappa shape index (κ2) is 11.4. The zero-order valence-electron chi connectivity index (χ0n) is 11.7. The third-order valence-electron chi connectivity index (χ3n) is 2.31. The van der Waals surface area contributed by atoms with Crippen molar-refractivity contribution < 1.29 is 4.74 Å². The highest BCUT2D eigenvalue weighted by Crippen LogP contribution is 2.12. The molecule has 2 N–H and O–H groups in total. The lowest BCUT2D eigenvalue weighted by Gasteiger charge is -2.10. The number of nitrogens with zero attached hydrogens (tertiary/aromatic N) is 2. The summed E-state index contributed by atoms with van der Waals surface area (Å²) in [5.41, 5.74) is 2.92. The quantitative estimate of drug-likeness (QED) is 0.320. The normalized spacial score (nSPS) is 11.0. The molecule has 1 heterocycles. The lowest BCUT2D eigenvalue weighted by molar-refractivity contribution is 0.152. The molecule has 5 nitrogen and oxygen atoms in total. The van der Waals surface area contributed by atoms with Gasteiger partial charge >= 0.3 is 0 Å². The van der Waals surface area contributed by atoms with E-state index in [4.69, 9.17) is 4.74 Å². The molecule has 0 aliphatic carbocycles. The molecule has 1 aromatic rings. The molecule has 0 unspecified atom stereocenters. The van der Waals surface area contributed by atoms with Crippen LogP contribution in [0.1, 0.15) is 24.4 Å². The Morgan fingerprint density at radius 2 is 2.21 bits per heavy atom. The van der Waals surface area contributed by atoms with Gasteiger partial charge in [0.15, 0.2) is 5.96 Å². The third kappa shape index (κ3) is 7.68. The van der Waals surface area contributed by atoms with Crippen LogP contribution in [-0.4, -0.2) is 37.2 Å². The summed E-state index contributed by atoms with van der Waals surface area (Å²) in [6.07, 6.45) is 0. The zero-order valence-corrected chi connectivity index (χ0v) is 14.9. The van der Waals surface area contributed by atoms with Gasteiger partial charge in [0.25, 0.3) is 0 Å². The Morgan fingerprint density at radius 3 is 2.79 bits per heavy atom. The van der Waals surface area contributed by atoms with Gasteiger partial charge < -0.3 is 15.4 Å². The van der Waals surface area contributed by atoms with Crippen LogP contribution in [0.15, 0.2) is 10.5 Å². The molecule has 0 fully saturated rings. The maximum atomic E-state index is 5.28. The minimum atomic E-state index is 0. The number of thiazole rings is 1. The van der Waals surface area contributed by atoms with Crippen molar-refractivity contribution in [2.24, 2.45) is 4.99 Å². The number of hydrogen-bond donors (Lipinski definition) is 2. The van der Waals surface area contributed by atoms with Crippen LogP contribution < -0.4 is 10.6 Å². The summed E-state index contributed by atoms with van der Waals surface area (Å²) in [7, 11) is 0. The van der Waals surface area contributed by atoms with Crippen molar-refractivity contribution in [3.8, 4) is 0 Å². The molecule has 0 atom stereocenters. The molecule has 0 saturated carbocycles. The van der Waals surface area contributed by atoms with Crippen molar-refractivity contribution in [1.82, 2.24) is 15.6 Å². The maximum Gasteiger partial charge on any atom is 0.191 e. The highest BCUT2D eigenvalue weighted by atomic mass is 127. The van der Waals surface area contributed by atoms with E-state index in [1.807, 2.05) is 19.4 Å². The smallest absolute Gasteiger partial charge is 0.191 e. The number of aromatic nitrogens is 1. The molecule has 0 radical (unpaired) electrons. The van der Waals surface area contributed by atoms with Crippen LogP contribution in [0.4, 0.5) is 0 Å². The van der Waals surface area contributed by atoms with Gasteiger partial charge in [-0.2, -0.15) is 0 Å². The van der Waals surface area contributed by atoms with E-state index in [0.29, 0.717) is 13.2 Å². The predicted molar refractivity (Wildman–Crippen MR) is 91.6 cm³/mol. The SMILES string of the molecule is CCNC(=NCc1scnc1C)NCCOCC.I. The molecule has 0 aromatic carbocycles. The van der Waals surface area contributed by atoms with Crippen LogP contribution >= 0.6 is 35.3 Å². The van der Waals surface area contributed by atoms with Crippen molar-refractivity contribution in [1.29, 1.82) is 0 Å². The summed E-state index contributed by atoms with van der Waals surface area (Å²) in [4.78, 5) is 9.94. The van der Waals surface area contributed by atoms with Gasteiger partial charge in [-0.15, -0.1) is 35.3 Å². The largest absolute Gasteiger partial charge is 0.380 e. The summed E-state index contributed by atoms with van der Waals surface area (Å²) < 4.78 is 5.28. The van der Waals surface area contributed by atoms with Gasteiger partial charge in [-0.05, 0) is 20.8 Å². The van der Waals surface area contributed by atoms with Crippen LogP contribution in [0, 0.1) is 6.92 Å². The van der Waals surface area contributed by atoms with E-state index in [0.717, 1.165) is 31.3 Å². The Labute approximate surface area is 136 Å². The second-order valence-electron chi connectivity index (χ2n) is 3.68. The number of hydrogen-bond acceptors (Lipinski definition) is 4. The number of ether oxygens (including phenoxy) is 1. The molecule has 1 aromatic heterocycles. The van der Waals surface area contributed by atoms with E-state index in [2.05, 4.69) is 27.5 Å².